The minimum Gasteiger partial charge on any atom is -0.497 e. The van der Waals surface area contributed by atoms with Crippen LogP contribution in [0, 0.1) is 6.92 Å². The second kappa shape index (κ2) is 8.92. The number of nitrogens with one attached hydrogen (secondary N) is 3. The van der Waals surface area contributed by atoms with E-state index < -0.39 is 0 Å². The van der Waals surface area contributed by atoms with Crippen molar-refractivity contribution in [2.45, 2.75) is 6.92 Å². The summed E-state index contributed by atoms with van der Waals surface area (Å²) in [4.78, 5) is 14.7. The van der Waals surface area contributed by atoms with Gasteiger partial charge in [0, 0.05) is 31.2 Å². The Kier molecular flexibility index (Phi) is 6.13. The van der Waals surface area contributed by atoms with E-state index in [-0.39, 0.29) is 5.91 Å². The summed E-state index contributed by atoms with van der Waals surface area (Å²) in [6, 6.07) is 15.1. The van der Waals surface area contributed by atoms with E-state index in [2.05, 4.69) is 26.0 Å². The number of carbonyl (C=O) groups is 1. The number of carbonyl (C=O) groups excluding carboxylic acids is 1. The van der Waals surface area contributed by atoms with Crippen LogP contribution in [0.2, 0.25) is 0 Å². The summed E-state index contributed by atoms with van der Waals surface area (Å²) in [5.74, 6) is 0.862. The molecule has 0 aliphatic carbocycles. The van der Waals surface area contributed by atoms with Crippen molar-refractivity contribution < 1.29 is 9.53 Å². The molecule has 1 heterocycles. The average Bonchev–Trinajstić information content (AvgIpc) is 3.09. The highest BCUT2D eigenvalue weighted by atomic mass is 16.5. The predicted molar refractivity (Wildman–Crippen MR) is 116 cm³/mol. The number of benzene rings is 2. The molecule has 0 radical (unpaired) electrons. The van der Waals surface area contributed by atoms with E-state index in [1.165, 1.54) is 0 Å². The van der Waals surface area contributed by atoms with Crippen molar-refractivity contribution in [3.63, 3.8) is 0 Å². The molecule has 1 aromatic heterocycles. The molecular weight excluding hydrogens is 368 g/mol. The first-order valence-corrected chi connectivity index (χ1v) is 9.04. The molecular formula is C21H24N6O2. The molecule has 3 aromatic rings. The van der Waals surface area contributed by atoms with Crippen molar-refractivity contribution in [3.8, 4) is 5.75 Å². The summed E-state index contributed by atoms with van der Waals surface area (Å²) in [6.45, 7) is 1.79. The van der Waals surface area contributed by atoms with Crippen LogP contribution in [0.5, 0.6) is 5.75 Å². The topological polar surface area (TPSA) is 94.6 Å². The van der Waals surface area contributed by atoms with Gasteiger partial charge in [-0.05, 0) is 61.0 Å². The lowest BCUT2D eigenvalue weighted by atomic mass is 10.2. The van der Waals surface area contributed by atoms with E-state index in [4.69, 9.17) is 4.74 Å². The number of aryl methyl sites for hydroxylation is 1. The van der Waals surface area contributed by atoms with Crippen LogP contribution in [-0.4, -0.2) is 43.5 Å². The molecule has 0 atom stereocenters. The first kappa shape index (κ1) is 19.9. The first-order valence-electron chi connectivity index (χ1n) is 9.04. The Morgan fingerprint density at radius 1 is 1.14 bits per heavy atom. The van der Waals surface area contributed by atoms with Gasteiger partial charge in [-0.2, -0.15) is 10.2 Å². The zero-order chi connectivity index (χ0) is 20.8. The summed E-state index contributed by atoms with van der Waals surface area (Å²) in [5, 5.41) is 14.0. The maximum absolute atomic E-state index is 12.8. The highest BCUT2D eigenvalue weighted by Gasteiger charge is 2.18. The SMILES string of the molecule is COc1ccc(/C=N/Nc2n[nH]c(C)c2C(=O)Nc2ccc(N(C)C)cc2)cc1. The van der Waals surface area contributed by atoms with E-state index in [1.807, 2.05) is 67.5 Å². The van der Waals surface area contributed by atoms with Crippen molar-refractivity contribution >= 4 is 29.3 Å². The van der Waals surface area contributed by atoms with Gasteiger partial charge in [0.25, 0.3) is 5.91 Å². The molecule has 0 aliphatic heterocycles. The zero-order valence-corrected chi connectivity index (χ0v) is 16.9. The molecule has 0 saturated heterocycles. The number of aromatic nitrogens is 2. The number of nitrogens with zero attached hydrogens (tertiary/aromatic N) is 3. The van der Waals surface area contributed by atoms with Crippen molar-refractivity contribution in [2.24, 2.45) is 5.10 Å². The maximum atomic E-state index is 12.8. The van der Waals surface area contributed by atoms with Crippen LogP contribution in [-0.2, 0) is 0 Å². The average molecular weight is 392 g/mol. The Morgan fingerprint density at radius 2 is 1.83 bits per heavy atom. The van der Waals surface area contributed by atoms with Crippen LogP contribution in [0.25, 0.3) is 0 Å². The monoisotopic (exact) mass is 392 g/mol. The van der Waals surface area contributed by atoms with Gasteiger partial charge in [0.2, 0.25) is 0 Å². The van der Waals surface area contributed by atoms with Crippen molar-refractivity contribution in [3.05, 3.63) is 65.4 Å². The number of anilines is 3. The Labute approximate surface area is 169 Å². The van der Waals surface area contributed by atoms with Crippen molar-refractivity contribution in [1.29, 1.82) is 0 Å². The summed E-state index contributed by atoms with van der Waals surface area (Å²) in [6.07, 6.45) is 1.64. The Bertz CT molecular complexity index is 991. The zero-order valence-electron chi connectivity index (χ0n) is 16.9. The molecule has 0 spiro atoms. The minimum absolute atomic E-state index is 0.268. The van der Waals surface area contributed by atoms with Gasteiger partial charge in [-0.1, -0.05) is 0 Å². The summed E-state index contributed by atoms with van der Waals surface area (Å²) in [5.41, 5.74) is 6.53. The van der Waals surface area contributed by atoms with Crippen LogP contribution in [0.15, 0.2) is 53.6 Å². The molecule has 29 heavy (non-hydrogen) atoms. The molecule has 3 N–H and O–H groups in total. The van der Waals surface area contributed by atoms with Crippen molar-refractivity contribution in [1.82, 2.24) is 10.2 Å². The van der Waals surface area contributed by atoms with Crippen LogP contribution in [0.3, 0.4) is 0 Å². The summed E-state index contributed by atoms with van der Waals surface area (Å²) in [7, 11) is 5.55. The van der Waals surface area contributed by atoms with Gasteiger partial charge in [-0.25, -0.2) is 0 Å². The quantitative estimate of drug-likeness (QED) is 0.423. The second-order valence-electron chi connectivity index (χ2n) is 6.61. The van der Waals surface area contributed by atoms with Gasteiger partial charge in [0.05, 0.1) is 13.3 Å². The van der Waals surface area contributed by atoms with Crippen LogP contribution in [0.1, 0.15) is 21.6 Å². The van der Waals surface area contributed by atoms with Crippen LogP contribution in [0.4, 0.5) is 17.2 Å². The fourth-order valence-corrected chi connectivity index (χ4v) is 2.68. The molecule has 0 unspecified atom stereocenters. The second-order valence-corrected chi connectivity index (χ2v) is 6.61. The third-order valence-corrected chi connectivity index (χ3v) is 4.32. The first-order chi connectivity index (χ1) is 14.0. The number of rotatable bonds is 7. The maximum Gasteiger partial charge on any atom is 0.261 e. The van der Waals surface area contributed by atoms with Gasteiger partial charge in [0.15, 0.2) is 5.82 Å². The molecule has 0 aliphatic rings. The molecule has 1 amide bonds. The fourth-order valence-electron chi connectivity index (χ4n) is 2.68. The van der Waals surface area contributed by atoms with Gasteiger partial charge < -0.3 is 15.0 Å². The molecule has 0 saturated carbocycles. The molecule has 8 nitrogen and oxygen atoms in total. The van der Waals surface area contributed by atoms with Gasteiger partial charge in [-0.3, -0.25) is 15.3 Å². The van der Waals surface area contributed by atoms with Crippen LogP contribution >= 0.6 is 0 Å². The third-order valence-electron chi connectivity index (χ3n) is 4.32. The van der Waals surface area contributed by atoms with Gasteiger partial charge in [-0.15, -0.1) is 0 Å². The van der Waals surface area contributed by atoms with E-state index in [0.29, 0.717) is 22.8 Å². The molecule has 2 aromatic carbocycles. The predicted octanol–water partition coefficient (Wildman–Crippen LogP) is 3.49. The molecule has 0 bridgehead atoms. The lowest BCUT2D eigenvalue weighted by molar-refractivity contribution is 0.102. The number of H-pyrrole nitrogens is 1. The summed E-state index contributed by atoms with van der Waals surface area (Å²) < 4.78 is 5.13. The van der Waals surface area contributed by atoms with Gasteiger partial charge in [0.1, 0.15) is 11.3 Å². The van der Waals surface area contributed by atoms with E-state index >= 15 is 0 Å². The largest absolute Gasteiger partial charge is 0.497 e. The van der Waals surface area contributed by atoms with Gasteiger partial charge >= 0.3 is 0 Å². The van der Waals surface area contributed by atoms with Crippen molar-refractivity contribution in [2.75, 3.05) is 36.8 Å². The third kappa shape index (κ3) is 4.92. The number of hydrogen-bond acceptors (Lipinski definition) is 6. The number of aromatic amines is 1. The molecule has 8 heteroatoms. The standard InChI is InChI=1S/C21H24N6O2/c1-14-19(21(28)23-16-7-9-17(10-8-16)27(2)3)20(26-24-14)25-22-13-15-5-11-18(29-4)12-6-15/h5-13H,1-4H3,(H,23,28)(H2,24,25,26)/b22-13+. The number of hydrazone groups is 1. The number of methoxy groups -OCH3 is 1. The fraction of sp³-hybridized carbons (Fsp3) is 0.190. The van der Waals surface area contributed by atoms with E-state index in [0.717, 1.165) is 17.0 Å². The number of amides is 1. The Morgan fingerprint density at radius 3 is 2.45 bits per heavy atom. The smallest absolute Gasteiger partial charge is 0.261 e. The normalized spacial score (nSPS) is 10.8. The Hall–Kier alpha value is -3.81. The minimum atomic E-state index is -0.268. The number of ether oxygens (including phenoxy) is 1. The van der Waals surface area contributed by atoms with E-state index in [1.54, 1.807) is 20.2 Å². The highest BCUT2D eigenvalue weighted by molar-refractivity contribution is 6.08. The molecule has 0 fully saturated rings. The molecule has 150 valence electrons. The molecule has 3 rings (SSSR count). The summed E-state index contributed by atoms with van der Waals surface area (Å²) >= 11 is 0. The van der Waals surface area contributed by atoms with E-state index in [9.17, 15) is 4.79 Å². The Balaban J connectivity index is 1.69. The lowest BCUT2D eigenvalue weighted by Crippen LogP contribution is -2.14. The number of hydrogen-bond donors (Lipinski definition) is 3. The highest BCUT2D eigenvalue weighted by Crippen LogP contribution is 2.20. The van der Waals surface area contributed by atoms with Crippen LogP contribution < -0.4 is 20.4 Å². The lowest BCUT2D eigenvalue weighted by Gasteiger charge is -2.13.